The summed E-state index contributed by atoms with van der Waals surface area (Å²) in [5, 5.41) is 16.5. The first-order valence-corrected chi connectivity index (χ1v) is 5.28. The normalized spacial score (nSPS) is 11.9. The van der Waals surface area contributed by atoms with Crippen LogP contribution in [0.15, 0.2) is 10.5 Å². The lowest BCUT2D eigenvalue weighted by molar-refractivity contribution is -0.137. The monoisotopic (exact) mass is 263 g/mol. The summed E-state index contributed by atoms with van der Waals surface area (Å²) in [6.45, 7) is 3.47. The zero-order valence-corrected chi connectivity index (χ0v) is 10.5. The van der Waals surface area contributed by atoms with E-state index in [4.69, 9.17) is 5.11 Å². The van der Waals surface area contributed by atoms with Crippen molar-refractivity contribution in [3.8, 4) is 0 Å². The summed E-state index contributed by atoms with van der Waals surface area (Å²) in [7, 11) is 1.53. The molecule has 1 N–H and O–H groups in total. The van der Waals surface area contributed by atoms with E-state index in [1.807, 2.05) is 0 Å². The van der Waals surface area contributed by atoms with Gasteiger partial charge in [-0.1, -0.05) is 0 Å². The van der Waals surface area contributed by atoms with Crippen molar-refractivity contribution in [1.29, 1.82) is 0 Å². The second-order valence-corrected chi connectivity index (χ2v) is 3.17. The molecule has 104 valence electrons. The first-order valence-electron chi connectivity index (χ1n) is 5.28. The van der Waals surface area contributed by atoms with E-state index in [0.717, 1.165) is 0 Å². The fraction of sp³-hybridized carbons (Fsp3) is 0.778. The number of ether oxygens (including phenoxy) is 2. The molecule has 0 spiro atoms. The summed E-state index contributed by atoms with van der Waals surface area (Å²) in [5.41, 5.74) is 0. The molecule has 0 heterocycles. The van der Waals surface area contributed by atoms with E-state index < -0.39 is 18.4 Å². The van der Waals surface area contributed by atoms with Crippen LogP contribution in [0.25, 0.3) is 0 Å². The highest BCUT2D eigenvalue weighted by atomic mass is 16.8. The molecule has 0 rings (SSSR count). The summed E-state index contributed by atoms with van der Waals surface area (Å²) >= 11 is 0. The van der Waals surface area contributed by atoms with Gasteiger partial charge < -0.3 is 19.4 Å². The van der Waals surface area contributed by atoms with Gasteiger partial charge in [0, 0.05) is 25.8 Å². The van der Waals surface area contributed by atoms with Crippen molar-refractivity contribution >= 4 is 12.1 Å². The van der Waals surface area contributed by atoms with E-state index in [9.17, 15) is 9.59 Å². The van der Waals surface area contributed by atoms with Crippen LogP contribution in [0.2, 0.25) is 0 Å². The minimum absolute atomic E-state index is 0.0651. The van der Waals surface area contributed by atoms with Gasteiger partial charge in [-0.2, -0.15) is 0 Å². The van der Waals surface area contributed by atoms with E-state index in [1.54, 1.807) is 6.92 Å². The van der Waals surface area contributed by atoms with Crippen LogP contribution in [-0.4, -0.2) is 48.7 Å². The quantitative estimate of drug-likeness (QED) is 0.303. The number of carboxylic acid groups (broad SMARTS) is 1. The van der Waals surface area contributed by atoms with Crippen molar-refractivity contribution in [2.75, 3.05) is 20.2 Å². The van der Waals surface area contributed by atoms with E-state index in [1.165, 1.54) is 19.0 Å². The molecule has 1 atom stereocenters. The Hall–Kier alpha value is -2.06. The smallest absolute Gasteiger partial charge is 0.481 e. The van der Waals surface area contributed by atoms with Crippen LogP contribution in [0.4, 0.5) is 4.79 Å². The lowest BCUT2D eigenvalue weighted by atomic mass is 10.4. The van der Waals surface area contributed by atoms with Crippen LogP contribution in [0.1, 0.15) is 20.3 Å². The van der Waals surface area contributed by atoms with Gasteiger partial charge in [-0.3, -0.25) is 9.80 Å². The van der Waals surface area contributed by atoms with Gasteiger partial charge in [0.15, 0.2) is 0 Å². The second kappa shape index (κ2) is 9.02. The summed E-state index contributed by atoms with van der Waals surface area (Å²) in [6.07, 6.45) is -1.87. The summed E-state index contributed by atoms with van der Waals surface area (Å²) in [6, 6.07) is 0. The molecule has 0 radical (unpaired) electrons. The second-order valence-electron chi connectivity index (χ2n) is 3.17. The Labute approximate surface area is 104 Å². The van der Waals surface area contributed by atoms with Crippen LogP contribution in [0.5, 0.6) is 0 Å². The molecular formula is C9H17N3O6. The Morgan fingerprint density at radius 2 is 2.11 bits per heavy atom. The Kier molecular flexibility index (Phi) is 7.99. The molecular weight excluding hydrogens is 246 g/mol. The van der Waals surface area contributed by atoms with Crippen molar-refractivity contribution in [3.63, 3.8) is 0 Å². The van der Waals surface area contributed by atoms with Gasteiger partial charge in [0.1, 0.15) is 0 Å². The number of nitrogens with zero attached hydrogens (tertiary/aromatic N) is 3. The predicted molar refractivity (Wildman–Crippen MR) is 58.4 cm³/mol. The molecule has 0 fully saturated rings. The Morgan fingerprint density at radius 1 is 1.44 bits per heavy atom. The highest BCUT2D eigenvalue weighted by Gasteiger charge is 2.10. The molecule has 0 aliphatic rings. The van der Waals surface area contributed by atoms with Gasteiger partial charge in [0.2, 0.25) is 0 Å². The molecule has 0 saturated heterocycles. The first-order chi connectivity index (χ1) is 8.45. The average molecular weight is 263 g/mol. The third-order valence-corrected chi connectivity index (χ3v) is 1.56. The number of carbonyl (C=O) groups is 2. The Morgan fingerprint density at radius 3 is 2.67 bits per heavy atom. The number of hydrogen-bond donors (Lipinski definition) is 1. The SMILES string of the molecule is CCOC(=O)OC(C)O/N=N\N(C)CCC(=O)O. The van der Waals surface area contributed by atoms with Crippen molar-refractivity contribution in [2.45, 2.75) is 26.6 Å². The molecule has 0 bridgehead atoms. The Balaban J connectivity index is 3.79. The molecule has 0 aliphatic heterocycles. The highest BCUT2D eigenvalue weighted by Crippen LogP contribution is 1.99. The zero-order valence-electron chi connectivity index (χ0n) is 10.5. The standard InChI is InChI=1S/C9H17N3O6/c1-4-16-9(15)17-7(2)18-11-10-12(3)6-5-8(13)14/h7H,4-6H2,1-3H3,(H,13,14)/b11-10-. The minimum Gasteiger partial charge on any atom is -0.481 e. The van der Waals surface area contributed by atoms with Gasteiger partial charge in [0.05, 0.1) is 13.0 Å². The Bertz CT molecular complexity index is 296. The predicted octanol–water partition coefficient (Wildman–Crippen LogP) is 1.21. The molecule has 0 aromatic carbocycles. The molecule has 0 aliphatic carbocycles. The lowest BCUT2D eigenvalue weighted by Crippen LogP contribution is -2.18. The third-order valence-electron chi connectivity index (χ3n) is 1.56. The number of carbonyl (C=O) groups excluding carboxylic acids is 1. The third kappa shape index (κ3) is 9.19. The van der Waals surface area contributed by atoms with Gasteiger partial charge in [-0.05, 0) is 12.1 Å². The van der Waals surface area contributed by atoms with E-state index >= 15 is 0 Å². The topological polar surface area (TPSA) is 110 Å². The van der Waals surface area contributed by atoms with Crippen molar-refractivity contribution in [1.82, 2.24) is 5.01 Å². The van der Waals surface area contributed by atoms with Crippen LogP contribution < -0.4 is 0 Å². The summed E-state index contributed by atoms with van der Waals surface area (Å²) in [5.74, 6) is -0.933. The minimum atomic E-state index is -0.944. The maximum absolute atomic E-state index is 10.9. The number of aliphatic carboxylic acids is 1. The molecule has 18 heavy (non-hydrogen) atoms. The molecule has 9 nitrogen and oxygen atoms in total. The van der Waals surface area contributed by atoms with E-state index in [-0.39, 0.29) is 19.6 Å². The number of carboxylic acids is 1. The zero-order chi connectivity index (χ0) is 14.0. The molecule has 0 aromatic rings. The fourth-order valence-corrected chi connectivity index (χ4v) is 0.761. The molecule has 0 amide bonds. The van der Waals surface area contributed by atoms with E-state index in [2.05, 4.69) is 24.8 Å². The molecule has 9 heteroatoms. The van der Waals surface area contributed by atoms with Crippen LogP contribution in [0.3, 0.4) is 0 Å². The highest BCUT2D eigenvalue weighted by molar-refractivity contribution is 5.66. The average Bonchev–Trinajstić information content (AvgIpc) is 2.26. The van der Waals surface area contributed by atoms with Gasteiger partial charge in [0.25, 0.3) is 6.29 Å². The van der Waals surface area contributed by atoms with Crippen LogP contribution >= 0.6 is 0 Å². The molecule has 1 unspecified atom stereocenters. The van der Waals surface area contributed by atoms with Crippen molar-refractivity contribution < 1.29 is 29.0 Å². The maximum atomic E-state index is 10.9. The number of rotatable bonds is 8. The van der Waals surface area contributed by atoms with Gasteiger partial charge in [-0.15, -0.1) is 0 Å². The summed E-state index contributed by atoms with van der Waals surface area (Å²) < 4.78 is 9.14. The fourth-order valence-electron chi connectivity index (χ4n) is 0.761. The lowest BCUT2D eigenvalue weighted by Gasteiger charge is -2.11. The number of hydrogen-bond acceptors (Lipinski definition) is 7. The van der Waals surface area contributed by atoms with E-state index in [0.29, 0.717) is 0 Å². The van der Waals surface area contributed by atoms with Crippen LogP contribution in [-0.2, 0) is 19.1 Å². The molecule has 0 aromatic heterocycles. The molecule has 0 saturated carbocycles. The summed E-state index contributed by atoms with van der Waals surface area (Å²) in [4.78, 5) is 25.8. The van der Waals surface area contributed by atoms with Crippen molar-refractivity contribution in [3.05, 3.63) is 0 Å². The first kappa shape index (κ1) is 15.9. The van der Waals surface area contributed by atoms with Gasteiger partial charge in [-0.25, -0.2) is 4.79 Å². The van der Waals surface area contributed by atoms with Crippen LogP contribution in [0, 0.1) is 0 Å². The maximum Gasteiger partial charge on any atom is 0.511 e. The largest absolute Gasteiger partial charge is 0.511 e. The van der Waals surface area contributed by atoms with Gasteiger partial charge >= 0.3 is 12.1 Å². The van der Waals surface area contributed by atoms with Crippen molar-refractivity contribution in [2.24, 2.45) is 10.5 Å².